The van der Waals surface area contributed by atoms with Crippen LogP contribution in [0.5, 0.6) is 0 Å². The molecule has 3 rings (SSSR count). The third-order valence-corrected chi connectivity index (χ3v) is 4.61. The molecule has 1 aromatic heterocycles. The molecule has 1 heterocycles. The molecule has 0 radical (unpaired) electrons. The minimum atomic E-state index is -0.646. The van der Waals surface area contributed by atoms with E-state index in [2.05, 4.69) is 14.9 Å². The lowest BCUT2D eigenvalue weighted by molar-refractivity contribution is -0.384. The van der Waals surface area contributed by atoms with Crippen molar-refractivity contribution in [1.29, 1.82) is 0 Å². The predicted octanol–water partition coefficient (Wildman–Crippen LogP) is 4.38. The van der Waals surface area contributed by atoms with E-state index in [4.69, 9.17) is 16.0 Å². The number of benzene rings is 2. The summed E-state index contributed by atoms with van der Waals surface area (Å²) in [5, 5.41) is 19.9. The van der Waals surface area contributed by atoms with Gasteiger partial charge in [0.2, 0.25) is 5.89 Å². The number of thioether (sulfide) groups is 1. The van der Waals surface area contributed by atoms with Crippen LogP contribution in [0.1, 0.15) is 15.9 Å². The first-order valence-corrected chi connectivity index (χ1v) is 8.91. The van der Waals surface area contributed by atoms with Crippen LogP contribution < -0.4 is 0 Å². The molecule has 8 nitrogen and oxygen atoms in total. The smallest absolute Gasteiger partial charge is 0.338 e. The van der Waals surface area contributed by atoms with Crippen molar-refractivity contribution in [2.45, 2.75) is 11.0 Å². The molecule has 0 N–H and O–H groups in total. The van der Waals surface area contributed by atoms with Crippen molar-refractivity contribution >= 4 is 35.0 Å². The van der Waals surface area contributed by atoms with E-state index < -0.39 is 10.9 Å². The Bertz CT molecular complexity index is 990. The second-order valence-corrected chi connectivity index (χ2v) is 6.67. The molecule has 27 heavy (non-hydrogen) atoms. The highest BCUT2D eigenvalue weighted by molar-refractivity contribution is 7.98. The van der Waals surface area contributed by atoms with Crippen molar-refractivity contribution in [1.82, 2.24) is 10.2 Å². The topological polar surface area (TPSA) is 108 Å². The molecular formula is C17H12ClN3O5S. The summed E-state index contributed by atoms with van der Waals surface area (Å²) < 4.78 is 10.2. The predicted molar refractivity (Wildman–Crippen MR) is 98.7 cm³/mol. The summed E-state index contributed by atoms with van der Waals surface area (Å²) in [6.07, 6.45) is 0. The number of non-ortho nitro benzene ring substituents is 1. The molecule has 0 amide bonds. The van der Waals surface area contributed by atoms with Gasteiger partial charge in [-0.05, 0) is 35.9 Å². The first-order chi connectivity index (χ1) is 13.0. The Morgan fingerprint density at radius 1 is 1.26 bits per heavy atom. The third kappa shape index (κ3) is 4.63. The number of nitro groups is 1. The molecule has 0 atom stereocenters. The van der Waals surface area contributed by atoms with Gasteiger partial charge < -0.3 is 9.15 Å². The number of carbonyl (C=O) groups excluding carboxylic acids is 1. The van der Waals surface area contributed by atoms with E-state index in [1.54, 1.807) is 24.3 Å². The van der Waals surface area contributed by atoms with Crippen LogP contribution in [0, 0.1) is 10.1 Å². The molecule has 0 saturated heterocycles. The average molecular weight is 406 g/mol. The zero-order valence-corrected chi connectivity index (χ0v) is 15.5. The number of esters is 1. The van der Waals surface area contributed by atoms with Crippen LogP contribution in [-0.2, 0) is 10.5 Å². The molecule has 0 saturated carbocycles. The SMILES string of the molecule is COC(=O)c1cc(CSc2nnc(-c3ccc(Cl)cc3)o2)cc([N+](=O)[O-])c1. The van der Waals surface area contributed by atoms with Gasteiger partial charge in [0.1, 0.15) is 0 Å². The maximum Gasteiger partial charge on any atom is 0.338 e. The molecule has 10 heteroatoms. The number of nitro benzene ring substituents is 1. The second kappa shape index (κ2) is 8.19. The molecular weight excluding hydrogens is 394 g/mol. The van der Waals surface area contributed by atoms with Crippen molar-refractivity contribution in [3.05, 3.63) is 68.7 Å². The van der Waals surface area contributed by atoms with Crippen LogP contribution in [0.25, 0.3) is 11.5 Å². The number of aromatic nitrogens is 2. The molecule has 2 aromatic carbocycles. The molecule has 0 spiro atoms. The van der Waals surface area contributed by atoms with Crippen LogP contribution in [0.4, 0.5) is 5.69 Å². The van der Waals surface area contributed by atoms with Gasteiger partial charge in [-0.1, -0.05) is 23.4 Å². The van der Waals surface area contributed by atoms with E-state index in [1.165, 1.54) is 37.1 Å². The Balaban J connectivity index is 1.76. The van der Waals surface area contributed by atoms with Crippen LogP contribution >= 0.6 is 23.4 Å². The van der Waals surface area contributed by atoms with Crippen LogP contribution in [0.3, 0.4) is 0 Å². The van der Waals surface area contributed by atoms with E-state index in [-0.39, 0.29) is 11.3 Å². The molecule has 0 bridgehead atoms. The number of rotatable bonds is 6. The molecule has 0 unspecified atom stereocenters. The number of carbonyl (C=O) groups is 1. The van der Waals surface area contributed by atoms with Gasteiger partial charge in [-0.25, -0.2) is 4.79 Å². The van der Waals surface area contributed by atoms with Crippen molar-refractivity contribution in [3.8, 4) is 11.5 Å². The van der Waals surface area contributed by atoms with E-state index in [0.717, 1.165) is 5.56 Å². The van der Waals surface area contributed by atoms with Crippen LogP contribution in [-0.4, -0.2) is 28.2 Å². The van der Waals surface area contributed by atoms with Gasteiger partial charge in [0.05, 0.1) is 17.6 Å². The third-order valence-electron chi connectivity index (χ3n) is 3.47. The molecule has 0 aliphatic carbocycles. The fourth-order valence-corrected chi connectivity index (χ4v) is 3.04. The summed E-state index contributed by atoms with van der Waals surface area (Å²) in [5.41, 5.74) is 1.19. The Hall–Kier alpha value is -2.91. The zero-order chi connectivity index (χ0) is 19.4. The molecule has 0 aliphatic rings. The van der Waals surface area contributed by atoms with Crippen molar-refractivity contribution < 1.29 is 18.9 Å². The minimum Gasteiger partial charge on any atom is -0.465 e. The van der Waals surface area contributed by atoms with Crippen LogP contribution in [0.15, 0.2) is 52.1 Å². The minimum absolute atomic E-state index is 0.106. The van der Waals surface area contributed by atoms with Crippen molar-refractivity contribution in [3.63, 3.8) is 0 Å². The van der Waals surface area contributed by atoms with Gasteiger partial charge in [-0.2, -0.15) is 0 Å². The molecule has 3 aromatic rings. The molecule has 0 aliphatic heterocycles. The Labute approximate surface area is 162 Å². The Morgan fingerprint density at radius 3 is 2.67 bits per heavy atom. The summed E-state index contributed by atoms with van der Waals surface area (Å²) in [6.45, 7) is 0. The van der Waals surface area contributed by atoms with Gasteiger partial charge in [-0.3, -0.25) is 10.1 Å². The molecule has 0 fully saturated rings. The highest BCUT2D eigenvalue weighted by Gasteiger charge is 2.16. The lowest BCUT2D eigenvalue weighted by Crippen LogP contribution is -2.03. The number of nitrogens with zero attached hydrogens (tertiary/aromatic N) is 3. The van der Waals surface area contributed by atoms with E-state index in [9.17, 15) is 14.9 Å². The highest BCUT2D eigenvalue weighted by Crippen LogP contribution is 2.28. The van der Waals surface area contributed by atoms with E-state index >= 15 is 0 Å². The first-order valence-electron chi connectivity index (χ1n) is 7.55. The number of halogens is 1. The normalized spacial score (nSPS) is 10.6. The number of hydrogen-bond donors (Lipinski definition) is 0. The summed E-state index contributed by atoms with van der Waals surface area (Å²) in [4.78, 5) is 22.2. The average Bonchev–Trinajstić information content (AvgIpc) is 3.15. The highest BCUT2D eigenvalue weighted by atomic mass is 35.5. The summed E-state index contributed by atoms with van der Waals surface area (Å²) in [5.74, 6) is -0.00952. The number of ether oxygens (including phenoxy) is 1. The quantitative estimate of drug-likeness (QED) is 0.257. The lowest BCUT2D eigenvalue weighted by atomic mass is 10.1. The first kappa shape index (κ1) is 18.9. The summed E-state index contributed by atoms with van der Waals surface area (Å²) in [6, 6.07) is 11.0. The van der Waals surface area contributed by atoms with E-state index in [0.29, 0.717) is 27.5 Å². The van der Waals surface area contributed by atoms with Gasteiger partial charge >= 0.3 is 5.97 Å². The van der Waals surface area contributed by atoms with Gasteiger partial charge in [-0.15, -0.1) is 10.2 Å². The van der Waals surface area contributed by atoms with Crippen molar-refractivity contribution in [2.24, 2.45) is 0 Å². The van der Waals surface area contributed by atoms with Gasteiger partial charge in [0.25, 0.3) is 10.9 Å². The standard InChI is InChI=1S/C17H12ClN3O5S/c1-25-16(22)12-6-10(7-14(8-12)21(23)24)9-27-17-20-19-15(26-17)11-2-4-13(18)5-3-11/h2-8H,9H2,1H3. The second-order valence-electron chi connectivity index (χ2n) is 5.31. The maximum atomic E-state index is 11.7. The lowest BCUT2D eigenvalue weighted by Gasteiger charge is -2.03. The van der Waals surface area contributed by atoms with Gasteiger partial charge in [0, 0.05) is 28.5 Å². The number of hydrogen-bond acceptors (Lipinski definition) is 8. The number of methoxy groups -OCH3 is 1. The fourth-order valence-electron chi connectivity index (χ4n) is 2.22. The Kier molecular flexibility index (Phi) is 5.72. The Morgan fingerprint density at radius 2 is 2.00 bits per heavy atom. The van der Waals surface area contributed by atoms with Crippen LogP contribution in [0.2, 0.25) is 5.02 Å². The van der Waals surface area contributed by atoms with Gasteiger partial charge in [0.15, 0.2) is 0 Å². The molecule has 138 valence electrons. The zero-order valence-electron chi connectivity index (χ0n) is 13.9. The fraction of sp³-hybridized carbons (Fsp3) is 0.118. The monoisotopic (exact) mass is 405 g/mol. The maximum absolute atomic E-state index is 11.7. The van der Waals surface area contributed by atoms with Crippen molar-refractivity contribution in [2.75, 3.05) is 7.11 Å². The summed E-state index contributed by atoms with van der Waals surface area (Å²) >= 11 is 7.05. The largest absolute Gasteiger partial charge is 0.465 e. The van der Waals surface area contributed by atoms with E-state index in [1.807, 2.05) is 0 Å². The summed E-state index contributed by atoms with van der Waals surface area (Å²) in [7, 11) is 1.21.